The van der Waals surface area contributed by atoms with Gasteiger partial charge in [-0.1, -0.05) is 12.1 Å². The van der Waals surface area contributed by atoms with Crippen molar-refractivity contribution in [2.24, 2.45) is 0 Å². The molecular weight excluding hydrogens is 375 g/mol. The Bertz CT molecular complexity index is 822. The number of benzene rings is 1. The number of aliphatic hydroxyl groups excluding tert-OH is 1. The molecule has 0 spiro atoms. The van der Waals surface area contributed by atoms with Crippen molar-refractivity contribution < 1.29 is 23.1 Å². The highest BCUT2D eigenvalue weighted by Crippen LogP contribution is 2.35. The van der Waals surface area contributed by atoms with Crippen molar-refractivity contribution >= 4 is 6.03 Å². The molecule has 10 heteroatoms. The molecule has 1 fully saturated rings. The van der Waals surface area contributed by atoms with Crippen LogP contribution in [0.2, 0.25) is 0 Å². The first-order chi connectivity index (χ1) is 13.3. The summed E-state index contributed by atoms with van der Waals surface area (Å²) >= 11 is 0. The van der Waals surface area contributed by atoms with E-state index in [0.717, 1.165) is 25.0 Å². The Morgan fingerprint density at radius 1 is 1.43 bits per heavy atom. The van der Waals surface area contributed by atoms with Crippen LogP contribution in [0.1, 0.15) is 61.1 Å². The highest BCUT2D eigenvalue weighted by Gasteiger charge is 2.33. The molecule has 1 unspecified atom stereocenters. The fourth-order valence-corrected chi connectivity index (χ4v) is 3.28. The van der Waals surface area contributed by atoms with E-state index in [-0.39, 0.29) is 18.4 Å². The number of urea groups is 1. The number of aliphatic hydroxyl groups is 1. The number of amides is 2. The number of H-pyrrole nitrogens is 1. The average molecular weight is 397 g/mol. The van der Waals surface area contributed by atoms with Crippen LogP contribution < -0.4 is 5.32 Å². The summed E-state index contributed by atoms with van der Waals surface area (Å²) in [6.07, 6.45) is -3.02. The van der Waals surface area contributed by atoms with E-state index in [4.69, 9.17) is 0 Å². The minimum absolute atomic E-state index is 0.0738. The summed E-state index contributed by atoms with van der Waals surface area (Å²) in [4.78, 5) is 18.3. The Morgan fingerprint density at radius 3 is 2.89 bits per heavy atom. The zero-order valence-corrected chi connectivity index (χ0v) is 15.3. The second-order valence-electron chi connectivity index (χ2n) is 6.80. The molecule has 2 atom stereocenters. The van der Waals surface area contributed by atoms with Crippen molar-refractivity contribution in [3.63, 3.8) is 0 Å². The van der Waals surface area contributed by atoms with E-state index in [9.17, 15) is 23.1 Å². The molecule has 0 bridgehead atoms. The molecule has 1 aromatic heterocycles. The molecule has 2 amide bonds. The number of piperidine rings is 1. The van der Waals surface area contributed by atoms with Crippen LogP contribution >= 0.6 is 0 Å². The summed E-state index contributed by atoms with van der Waals surface area (Å²) in [6, 6.07) is 4.34. The fraction of sp³-hybridized carbons (Fsp3) is 0.500. The number of rotatable bonds is 4. The Hall–Kier alpha value is -2.62. The van der Waals surface area contributed by atoms with Crippen LogP contribution in [0.25, 0.3) is 0 Å². The van der Waals surface area contributed by atoms with Gasteiger partial charge in [0.05, 0.1) is 18.2 Å². The van der Waals surface area contributed by atoms with E-state index >= 15 is 0 Å². The number of nitrogens with zero attached hydrogens (tertiary/aromatic N) is 3. The lowest BCUT2D eigenvalue weighted by atomic mass is 9.94. The summed E-state index contributed by atoms with van der Waals surface area (Å²) in [5, 5.41) is 18.6. The smallest absolute Gasteiger partial charge is 0.385 e. The molecule has 1 aliphatic heterocycles. The quantitative estimate of drug-likeness (QED) is 0.738. The maximum atomic E-state index is 13.0. The van der Waals surface area contributed by atoms with Gasteiger partial charge in [0.15, 0.2) is 5.82 Å². The van der Waals surface area contributed by atoms with E-state index in [1.807, 2.05) is 0 Å². The Kier molecular flexibility index (Phi) is 5.87. The van der Waals surface area contributed by atoms with Crippen molar-refractivity contribution in [3.05, 3.63) is 47.0 Å². The standard InChI is InChI=1S/C18H22F3N5O2/c1-11(27)16-23-15(24-25-16)10-22-17(28)26-8-3-2-7-14(26)12-5-4-6-13(9-12)18(19,20)21/h4-6,9,11,14,27H,2-3,7-8,10H2,1H3,(H,22,28)(H,23,24,25)/t11-,14?/m0/s1. The highest BCUT2D eigenvalue weighted by atomic mass is 19.4. The minimum Gasteiger partial charge on any atom is -0.385 e. The summed E-state index contributed by atoms with van der Waals surface area (Å²) in [5.41, 5.74) is -0.246. The zero-order valence-electron chi connectivity index (χ0n) is 15.3. The molecule has 2 heterocycles. The zero-order chi connectivity index (χ0) is 20.3. The van der Waals surface area contributed by atoms with E-state index in [1.54, 1.807) is 11.0 Å². The number of carbonyl (C=O) groups excluding carboxylic acids is 1. The van der Waals surface area contributed by atoms with Crippen LogP contribution in [0.4, 0.5) is 18.0 Å². The minimum atomic E-state index is -4.42. The van der Waals surface area contributed by atoms with Crippen LogP contribution in [0.3, 0.4) is 0 Å². The van der Waals surface area contributed by atoms with Gasteiger partial charge in [0.25, 0.3) is 0 Å². The van der Waals surface area contributed by atoms with Gasteiger partial charge in [0.2, 0.25) is 0 Å². The van der Waals surface area contributed by atoms with E-state index in [0.29, 0.717) is 24.4 Å². The number of carbonyl (C=O) groups is 1. The van der Waals surface area contributed by atoms with Gasteiger partial charge in [-0.2, -0.15) is 18.3 Å². The molecule has 0 radical (unpaired) electrons. The maximum Gasteiger partial charge on any atom is 0.416 e. The second kappa shape index (κ2) is 8.17. The van der Waals surface area contributed by atoms with E-state index < -0.39 is 23.9 Å². The largest absolute Gasteiger partial charge is 0.416 e. The number of nitrogens with one attached hydrogen (secondary N) is 2. The van der Waals surface area contributed by atoms with Gasteiger partial charge in [-0.25, -0.2) is 9.78 Å². The van der Waals surface area contributed by atoms with Crippen LogP contribution in [-0.4, -0.2) is 37.8 Å². The first-order valence-electron chi connectivity index (χ1n) is 9.06. The Labute approximate surface area is 160 Å². The average Bonchev–Trinajstić information content (AvgIpc) is 3.15. The monoisotopic (exact) mass is 397 g/mol. The third kappa shape index (κ3) is 4.61. The molecule has 0 saturated carbocycles. The second-order valence-corrected chi connectivity index (χ2v) is 6.80. The number of hydrogen-bond acceptors (Lipinski definition) is 4. The van der Waals surface area contributed by atoms with Crippen LogP contribution in [0.5, 0.6) is 0 Å². The molecule has 1 aromatic carbocycles. The number of halogens is 3. The maximum absolute atomic E-state index is 13.0. The summed E-state index contributed by atoms with van der Waals surface area (Å²) < 4.78 is 39.1. The third-order valence-corrected chi connectivity index (χ3v) is 4.69. The van der Waals surface area contributed by atoms with Crippen molar-refractivity contribution in [3.8, 4) is 0 Å². The van der Waals surface area contributed by atoms with Crippen LogP contribution in [0.15, 0.2) is 24.3 Å². The lowest BCUT2D eigenvalue weighted by molar-refractivity contribution is -0.137. The number of aromatic amines is 1. The van der Waals surface area contributed by atoms with E-state index in [1.165, 1.54) is 13.0 Å². The third-order valence-electron chi connectivity index (χ3n) is 4.69. The van der Waals surface area contributed by atoms with Gasteiger partial charge in [0.1, 0.15) is 11.9 Å². The van der Waals surface area contributed by atoms with Gasteiger partial charge < -0.3 is 15.3 Å². The van der Waals surface area contributed by atoms with E-state index in [2.05, 4.69) is 20.5 Å². The summed E-state index contributed by atoms with van der Waals surface area (Å²) in [6.45, 7) is 2.06. The number of hydrogen-bond donors (Lipinski definition) is 3. The molecule has 0 aliphatic carbocycles. The van der Waals surface area contributed by atoms with Crippen LogP contribution in [0, 0.1) is 0 Å². The number of aromatic nitrogens is 3. The van der Waals surface area contributed by atoms with Gasteiger partial charge in [-0.15, -0.1) is 0 Å². The Morgan fingerprint density at radius 2 is 2.21 bits per heavy atom. The molecule has 152 valence electrons. The molecular formula is C18H22F3N5O2. The van der Waals surface area contributed by atoms with Gasteiger partial charge in [0, 0.05) is 6.54 Å². The summed E-state index contributed by atoms with van der Waals surface area (Å²) in [5.74, 6) is 0.612. The molecule has 7 nitrogen and oxygen atoms in total. The van der Waals surface area contributed by atoms with Gasteiger partial charge >= 0.3 is 12.2 Å². The lowest BCUT2D eigenvalue weighted by Gasteiger charge is -2.36. The SMILES string of the molecule is C[C@H](O)c1n[nH]c(CNC(=O)N2CCCCC2c2cccc(C(F)(F)F)c2)n1. The molecule has 1 aliphatic rings. The highest BCUT2D eigenvalue weighted by molar-refractivity contribution is 5.74. The normalized spacial score (nSPS) is 18.8. The van der Waals surface area contributed by atoms with Crippen molar-refractivity contribution in [1.82, 2.24) is 25.4 Å². The van der Waals surface area contributed by atoms with Crippen molar-refractivity contribution in [2.45, 2.75) is 51.1 Å². The summed E-state index contributed by atoms with van der Waals surface area (Å²) in [7, 11) is 0. The molecule has 28 heavy (non-hydrogen) atoms. The number of likely N-dealkylation sites (tertiary alicyclic amines) is 1. The van der Waals surface area contributed by atoms with Gasteiger partial charge in [-0.05, 0) is 43.9 Å². The van der Waals surface area contributed by atoms with Crippen molar-refractivity contribution in [2.75, 3.05) is 6.54 Å². The first kappa shape index (κ1) is 20.1. The molecule has 2 aromatic rings. The Balaban J connectivity index is 1.71. The van der Waals surface area contributed by atoms with Crippen LogP contribution in [-0.2, 0) is 12.7 Å². The first-order valence-corrected chi connectivity index (χ1v) is 9.06. The van der Waals surface area contributed by atoms with Crippen molar-refractivity contribution in [1.29, 1.82) is 0 Å². The van der Waals surface area contributed by atoms with Gasteiger partial charge in [-0.3, -0.25) is 5.10 Å². The molecule has 1 saturated heterocycles. The fourth-order valence-electron chi connectivity index (χ4n) is 3.28. The topological polar surface area (TPSA) is 94.1 Å². The molecule has 3 N–H and O–H groups in total. The predicted octanol–water partition coefficient (Wildman–Crippen LogP) is 3.31. The lowest BCUT2D eigenvalue weighted by Crippen LogP contribution is -2.44. The number of alkyl halides is 3. The molecule has 3 rings (SSSR count). The predicted molar refractivity (Wildman–Crippen MR) is 94.0 cm³/mol.